The third-order valence-corrected chi connectivity index (χ3v) is 1.68. The summed E-state index contributed by atoms with van der Waals surface area (Å²) in [6.07, 6.45) is 0.935. The van der Waals surface area contributed by atoms with Crippen molar-refractivity contribution in [3.63, 3.8) is 0 Å². The van der Waals surface area contributed by atoms with Gasteiger partial charge in [0.25, 0.3) is 0 Å². The van der Waals surface area contributed by atoms with E-state index in [9.17, 15) is 4.79 Å². The van der Waals surface area contributed by atoms with Crippen molar-refractivity contribution < 1.29 is 9.53 Å². The van der Waals surface area contributed by atoms with Crippen LogP contribution in [0, 0.1) is 5.92 Å². The molecule has 0 spiro atoms. The molecule has 0 aromatic heterocycles. The van der Waals surface area contributed by atoms with Crippen LogP contribution in [0.1, 0.15) is 27.2 Å². The molecule has 0 rings (SSSR count). The molecule has 3 heteroatoms. The van der Waals surface area contributed by atoms with E-state index in [0.29, 0.717) is 6.61 Å². The van der Waals surface area contributed by atoms with Crippen LogP contribution < -0.4 is 5.73 Å². The van der Waals surface area contributed by atoms with E-state index >= 15 is 0 Å². The van der Waals surface area contributed by atoms with Gasteiger partial charge in [0.1, 0.15) is 6.61 Å². The average molecular weight is 173 g/mol. The van der Waals surface area contributed by atoms with Crippen LogP contribution >= 0.6 is 0 Å². The largest absolute Gasteiger partial charge is 0.374 e. The number of carbonyl (C=O) groups excluding carboxylic acids is 1. The summed E-state index contributed by atoms with van der Waals surface area (Å²) in [6.45, 7) is 6.67. The number of ketones is 1. The molecule has 3 nitrogen and oxygen atoms in total. The molecular weight excluding hydrogens is 154 g/mol. The molecule has 0 aromatic carbocycles. The molecule has 0 fully saturated rings. The first-order valence-electron chi connectivity index (χ1n) is 4.45. The predicted octanol–water partition coefficient (Wildman–Crippen LogP) is 0.965. The molecule has 0 heterocycles. The molecule has 12 heavy (non-hydrogen) atoms. The van der Waals surface area contributed by atoms with E-state index in [2.05, 4.69) is 0 Å². The Morgan fingerprint density at radius 3 is 2.50 bits per heavy atom. The molecule has 0 aliphatic carbocycles. The van der Waals surface area contributed by atoms with Gasteiger partial charge in [-0.3, -0.25) is 4.79 Å². The van der Waals surface area contributed by atoms with E-state index in [0.717, 1.165) is 6.42 Å². The Labute approximate surface area is 74.3 Å². The summed E-state index contributed by atoms with van der Waals surface area (Å²) in [5.41, 5.74) is 5.61. The number of Topliss-reactive ketones (excluding diaryl/α,β-unsaturated/α-hetero) is 1. The molecule has 2 N–H and O–H groups in total. The lowest BCUT2D eigenvalue weighted by Crippen LogP contribution is -2.38. The SMILES string of the molecule is CCCOCC(=O)C(N)C(C)C. The molecule has 0 bridgehead atoms. The molecule has 0 saturated heterocycles. The monoisotopic (exact) mass is 173 g/mol. The van der Waals surface area contributed by atoms with Crippen LogP contribution in [-0.2, 0) is 9.53 Å². The van der Waals surface area contributed by atoms with Crippen LogP contribution in [-0.4, -0.2) is 25.0 Å². The average Bonchev–Trinajstić information content (AvgIpc) is 2.03. The van der Waals surface area contributed by atoms with Crippen LogP contribution in [0.15, 0.2) is 0 Å². The van der Waals surface area contributed by atoms with Gasteiger partial charge in [-0.05, 0) is 12.3 Å². The van der Waals surface area contributed by atoms with Crippen molar-refractivity contribution >= 4 is 5.78 Å². The summed E-state index contributed by atoms with van der Waals surface area (Å²) >= 11 is 0. The summed E-state index contributed by atoms with van der Waals surface area (Å²) in [6, 6.07) is -0.373. The smallest absolute Gasteiger partial charge is 0.175 e. The molecule has 1 atom stereocenters. The maximum Gasteiger partial charge on any atom is 0.175 e. The first-order chi connectivity index (χ1) is 5.59. The zero-order valence-corrected chi connectivity index (χ0v) is 8.17. The second-order valence-electron chi connectivity index (χ2n) is 3.29. The molecular formula is C9H19NO2. The Hall–Kier alpha value is -0.410. The fourth-order valence-corrected chi connectivity index (χ4v) is 0.785. The Kier molecular flexibility index (Phi) is 5.93. The number of rotatable bonds is 6. The third-order valence-electron chi connectivity index (χ3n) is 1.68. The maximum atomic E-state index is 11.2. The van der Waals surface area contributed by atoms with Gasteiger partial charge >= 0.3 is 0 Å². The molecule has 0 aliphatic heterocycles. The van der Waals surface area contributed by atoms with E-state index in [1.165, 1.54) is 0 Å². The van der Waals surface area contributed by atoms with Crippen molar-refractivity contribution in [1.82, 2.24) is 0 Å². The van der Waals surface area contributed by atoms with E-state index in [-0.39, 0.29) is 24.3 Å². The van der Waals surface area contributed by atoms with Gasteiger partial charge in [0.15, 0.2) is 5.78 Å². The number of hydrogen-bond acceptors (Lipinski definition) is 3. The number of nitrogens with two attached hydrogens (primary N) is 1. The van der Waals surface area contributed by atoms with Gasteiger partial charge in [-0.1, -0.05) is 20.8 Å². The zero-order chi connectivity index (χ0) is 9.56. The Morgan fingerprint density at radius 2 is 2.08 bits per heavy atom. The second-order valence-corrected chi connectivity index (χ2v) is 3.29. The molecule has 0 aliphatic rings. The standard InChI is InChI=1S/C9H19NO2/c1-4-5-12-6-8(11)9(10)7(2)3/h7,9H,4-6,10H2,1-3H3. The van der Waals surface area contributed by atoms with E-state index in [4.69, 9.17) is 10.5 Å². The minimum Gasteiger partial charge on any atom is -0.374 e. The second kappa shape index (κ2) is 6.14. The van der Waals surface area contributed by atoms with Gasteiger partial charge in [-0.2, -0.15) is 0 Å². The quantitative estimate of drug-likeness (QED) is 0.609. The highest BCUT2D eigenvalue weighted by Gasteiger charge is 2.16. The molecule has 0 saturated carbocycles. The van der Waals surface area contributed by atoms with E-state index in [1.54, 1.807) is 0 Å². The van der Waals surface area contributed by atoms with Crippen molar-refractivity contribution in [3.05, 3.63) is 0 Å². The van der Waals surface area contributed by atoms with Crippen LogP contribution in [0.5, 0.6) is 0 Å². The van der Waals surface area contributed by atoms with Gasteiger partial charge in [0.2, 0.25) is 0 Å². The van der Waals surface area contributed by atoms with E-state index < -0.39 is 0 Å². The minimum absolute atomic E-state index is 0.00144. The molecule has 1 unspecified atom stereocenters. The normalized spacial score (nSPS) is 13.4. The summed E-state index contributed by atoms with van der Waals surface area (Å²) in [7, 11) is 0. The van der Waals surface area contributed by atoms with Crippen molar-refractivity contribution in [2.24, 2.45) is 11.7 Å². The summed E-state index contributed by atoms with van der Waals surface area (Å²) in [5.74, 6) is 0.196. The zero-order valence-electron chi connectivity index (χ0n) is 8.17. The molecule has 0 amide bonds. The number of ether oxygens (including phenoxy) is 1. The summed E-state index contributed by atoms with van der Waals surface area (Å²) in [5, 5.41) is 0. The van der Waals surface area contributed by atoms with Crippen molar-refractivity contribution in [2.75, 3.05) is 13.2 Å². The summed E-state index contributed by atoms with van der Waals surface area (Å²) < 4.78 is 5.09. The minimum atomic E-state index is -0.373. The van der Waals surface area contributed by atoms with Gasteiger partial charge in [-0.15, -0.1) is 0 Å². The van der Waals surface area contributed by atoms with Crippen molar-refractivity contribution in [3.8, 4) is 0 Å². The first-order valence-corrected chi connectivity index (χ1v) is 4.45. The molecule has 72 valence electrons. The van der Waals surface area contributed by atoms with Crippen LogP contribution in [0.3, 0.4) is 0 Å². The predicted molar refractivity (Wildman–Crippen MR) is 48.9 cm³/mol. The Bertz CT molecular complexity index is 134. The Balaban J connectivity index is 3.57. The van der Waals surface area contributed by atoms with Crippen LogP contribution in [0.4, 0.5) is 0 Å². The lowest BCUT2D eigenvalue weighted by molar-refractivity contribution is -0.125. The fraction of sp³-hybridized carbons (Fsp3) is 0.889. The van der Waals surface area contributed by atoms with Gasteiger partial charge in [-0.25, -0.2) is 0 Å². The molecule has 0 aromatic rings. The van der Waals surface area contributed by atoms with Crippen molar-refractivity contribution in [1.29, 1.82) is 0 Å². The highest BCUT2D eigenvalue weighted by molar-refractivity contribution is 5.85. The van der Waals surface area contributed by atoms with E-state index in [1.807, 2.05) is 20.8 Å². The number of carbonyl (C=O) groups is 1. The molecule has 0 radical (unpaired) electrons. The Morgan fingerprint density at radius 1 is 1.50 bits per heavy atom. The van der Waals surface area contributed by atoms with Gasteiger partial charge in [0.05, 0.1) is 6.04 Å². The third kappa shape index (κ3) is 4.46. The van der Waals surface area contributed by atoms with Gasteiger partial charge < -0.3 is 10.5 Å². The lowest BCUT2D eigenvalue weighted by atomic mass is 10.0. The van der Waals surface area contributed by atoms with Crippen molar-refractivity contribution in [2.45, 2.75) is 33.2 Å². The highest BCUT2D eigenvalue weighted by Crippen LogP contribution is 1.99. The fourth-order valence-electron chi connectivity index (χ4n) is 0.785. The topological polar surface area (TPSA) is 52.3 Å². The highest BCUT2D eigenvalue weighted by atomic mass is 16.5. The van der Waals surface area contributed by atoms with Gasteiger partial charge in [0, 0.05) is 6.61 Å². The first kappa shape index (κ1) is 11.6. The summed E-state index contributed by atoms with van der Waals surface area (Å²) in [4.78, 5) is 11.2. The van der Waals surface area contributed by atoms with Crippen LogP contribution in [0.2, 0.25) is 0 Å². The maximum absolute atomic E-state index is 11.2. The van der Waals surface area contributed by atoms with Crippen LogP contribution in [0.25, 0.3) is 0 Å². The lowest BCUT2D eigenvalue weighted by Gasteiger charge is -2.13. The number of hydrogen-bond donors (Lipinski definition) is 1.